The lowest BCUT2D eigenvalue weighted by atomic mass is 9.92. The van der Waals surface area contributed by atoms with Crippen molar-refractivity contribution >= 4 is 11.8 Å². The number of likely N-dealkylation sites (tertiary alicyclic amines) is 2. The highest BCUT2D eigenvalue weighted by Crippen LogP contribution is 2.21. The zero-order valence-electron chi connectivity index (χ0n) is 12.2. The third-order valence-electron chi connectivity index (χ3n) is 4.22. The molecule has 0 bridgehead atoms. The number of carbonyl (C=O) groups is 2. The third kappa shape index (κ3) is 3.95. The molecule has 2 saturated heterocycles. The summed E-state index contributed by atoms with van der Waals surface area (Å²) in [5.74, 6) is 1.44. The number of rotatable bonds is 2. The second kappa shape index (κ2) is 6.40. The molecule has 0 aliphatic carbocycles. The molecule has 2 heterocycles. The van der Waals surface area contributed by atoms with Crippen molar-refractivity contribution in [3.05, 3.63) is 0 Å². The van der Waals surface area contributed by atoms with Crippen LogP contribution < -0.4 is 0 Å². The number of hydrogen-bond donors (Lipinski definition) is 0. The Morgan fingerprint density at radius 2 is 1.84 bits per heavy atom. The SMILES string of the molecule is CC1CC(C)CN(C(=O)CN2CCCCCC2=O)C1. The van der Waals surface area contributed by atoms with Gasteiger partial charge in [-0.05, 0) is 31.1 Å². The zero-order chi connectivity index (χ0) is 13.8. The Labute approximate surface area is 116 Å². The maximum Gasteiger partial charge on any atom is 0.242 e. The first kappa shape index (κ1) is 14.4. The van der Waals surface area contributed by atoms with Crippen molar-refractivity contribution in [1.29, 1.82) is 0 Å². The van der Waals surface area contributed by atoms with E-state index >= 15 is 0 Å². The second-order valence-corrected chi connectivity index (χ2v) is 6.37. The molecule has 0 saturated carbocycles. The van der Waals surface area contributed by atoms with Gasteiger partial charge in [0.15, 0.2) is 0 Å². The van der Waals surface area contributed by atoms with Gasteiger partial charge in [-0.25, -0.2) is 0 Å². The van der Waals surface area contributed by atoms with Crippen molar-refractivity contribution < 1.29 is 9.59 Å². The van der Waals surface area contributed by atoms with Crippen molar-refractivity contribution in [3.8, 4) is 0 Å². The summed E-state index contributed by atoms with van der Waals surface area (Å²) in [6, 6.07) is 0. The van der Waals surface area contributed by atoms with Crippen LogP contribution in [0.1, 0.15) is 46.0 Å². The van der Waals surface area contributed by atoms with Crippen LogP contribution in [0.25, 0.3) is 0 Å². The maximum absolute atomic E-state index is 12.3. The average Bonchev–Trinajstić information content (AvgIpc) is 2.54. The number of nitrogens with zero attached hydrogens (tertiary/aromatic N) is 2. The number of amides is 2. The molecule has 108 valence electrons. The molecule has 2 rings (SSSR count). The van der Waals surface area contributed by atoms with E-state index in [9.17, 15) is 9.59 Å². The number of carbonyl (C=O) groups excluding carboxylic acids is 2. The van der Waals surface area contributed by atoms with Gasteiger partial charge in [-0.3, -0.25) is 9.59 Å². The Morgan fingerprint density at radius 1 is 1.16 bits per heavy atom. The van der Waals surface area contributed by atoms with Crippen LogP contribution in [0, 0.1) is 11.8 Å². The molecule has 0 radical (unpaired) electrons. The van der Waals surface area contributed by atoms with E-state index in [1.54, 1.807) is 4.90 Å². The molecule has 2 unspecified atom stereocenters. The van der Waals surface area contributed by atoms with E-state index in [-0.39, 0.29) is 18.4 Å². The molecular formula is C15H26N2O2. The Balaban J connectivity index is 1.90. The van der Waals surface area contributed by atoms with Gasteiger partial charge in [0.05, 0.1) is 6.54 Å². The van der Waals surface area contributed by atoms with Crippen molar-refractivity contribution in [2.45, 2.75) is 46.0 Å². The Morgan fingerprint density at radius 3 is 2.53 bits per heavy atom. The van der Waals surface area contributed by atoms with Crippen molar-refractivity contribution in [3.63, 3.8) is 0 Å². The zero-order valence-corrected chi connectivity index (χ0v) is 12.2. The first-order chi connectivity index (χ1) is 9.06. The standard InChI is InChI=1S/C15H26N2O2/c1-12-8-13(2)10-17(9-12)15(19)11-16-7-5-3-4-6-14(16)18/h12-13H,3-11H2,1-2H3. The van der Waals surface area contributed by atoms with Gasteiger partial charge in [0.2, 0.25) is 11.8 Å². The Kier molecular flexibility index (Phi) is 4.83. The third-order valence-corrected chi connectivity index (χ3v) is 4.22. The molecular weight excluding hydrogens is 240 g/mol. The molecule has 2 fully saturated rings. The summed E-state index contributed by atoms with van der Waals surface area (Å²) in [7, 11) is 0. The van der Waals surface area contributed by atoms with Crippen LogP contribution in [-0.4, -0.2) is 47.8 Å². The molecule has 0 aromatic carbocycles. The van der Waals surface area contributed by atoms with Crippen LogP contribution in [0.15, 0.2) is 0 Å². The van der Waals surface area contributed by atoms with E-state index < -0.39 is 0 Å². The average molecular weight is 266 g/mol. The van der Waals surface area contributed by atoms with E-state index in [1.807, 2.05) is 4.90 Å². The quantitative estimate of drug-likeness (QED) is 0.766. The molecule has 2 aliphatic rings. The number of piperidine rings is 1. The van der Waals surface area contributed by atoms with Gasteiger partial charge in [0, 0.05) is 26.1 Å². The van der Waals surface area contributed by atoms with Crippen LogP contribution >= 0.6 is 0 Å². The topological polar surface area (TPSA) is 40.6 Å². The summed E-state index contributed by atoms with van der Waals surface area (Å²) in [6.07, 6.45) is 4.92. The Hall–Kier alpha value is -1.06. The van der Waals surface area contributed by atoms with Crippen molar-refractivity contribution in [1.82, 2.24) is 9.80 Å². The minimum Gasteiger partial charge on any atom is -0.341 e. The second-order valence-electron chi connectivity index (χ2n) is 6.37. The van der Waals surface area contributed by atoms with E-state index in [0.29, 0.717) is 18.3 Å². The minimum absolute atomic E-state index is 0.133. The minimum atomic E-state index is 0.133. The first-order valence-corrected chi connectivity index (χ1v) is 7.62. The molecule has 2 aliphatic heterocycles. The molecule has 4 heteroatoms. The van der Waals surface area contributed by atoms with E-state index in [0.717, 1.165) is 38.9 Å². The molecule has 0 aromatic rings. The summed E-state index contributed by atoms with van der Waals surface area (Å²) < 4.78 is 0. The first-order valence-electron chi connectivity index (χ1n) is 7.62. The maximum atomic E-state index is 12.3. The molecule has 0 spiro atoms. The van der Waals surface area contributed by atoms with Crippen molar-refractivity contribution in [2.24, 2.45) is 11.8 Å². The smallest absolute Gasteiger partial charge is 0.242 e. The van der Waals surface area contributed by atoms with Crippen LogP contribution in [0.4, 0.5) is 0 Å². The molecule has 0 N–H and O–H groups in total. The lowest BCUT2D eigenvalue weighted by Gasteiger charge is -2.36. The molecule has 19 heavy (non-hydrogen) atoms. The molecule has 2 amide bonds. The van der Waals surface area contributed by atoms with Crippen LogP contribution in [0.3, 0.4) is 0 Å². The summed E-state index contributed by atoms with van der Waals surface area (Å²) >= 11 is 0. The highest BCUT2D eigenvalue weighted by Gasteiger charge is 2.27. The summed E-state index contributed by atoms with van der Waals surface area (Å²) in [5, 5.41) is 0. The lowest BCUT2D eigenvalue weighted by Crippen LogP contribution is -2.48. The summed E-state index contributed by atoms with van der Waals surface area (Å²) in [6.45, 7) is 7.15. The number of hydrogen-bond acceptors (Lipinski definition) is 2. The fraction of sp³-hybridized carbons (Fsp3) is 0.867. The highest BCUT2D eigenvalue weighted by atomic mass is 16.2. The normalized spacial score (nSPS) is 29.3. The van der Waals surface area contributed by atoms with E-state index in [4.69, 9.17) is 0 Å². The fourth-order valence-corrected chi connectivity index (χ4v) is 3.34. The molecule has 4 nitrogen and oxygen atoms in total. The predicted molar refractivity (Wildman–Crippen MR) is 74.6 cm³/mol. The van der Waals surface area contributed by atoms with Gasteiger partial charge in [-0.2, -0.15) is 0 Å². The van der Waals surface area contributed by atoms with Gasteiger partial charge in [0.25, 0.3) is 0 Å². The summed E-state index contributed by atoms with van der Waals surface area (Å²) in [4.78, 5) is 28.0. The van der Waals surface area contributed by atoms with E-state index in [2.05, 4.69) is 13.8 Å². The van der Waals surface area contributed by atoms with Crippen LogP contribution in [0.2, 0.25) is 0 Å². The van der Waals surface area contributed by atoms with Gasteiger partial charge in [0.1, 0.15) is 0 Å². The van der Waals surface area contributed by atoms with Crippen LogP contribution in [-0.2, 0) is 9.59 Å². The lowest BCUT2D eigenvalue weighted by molar-refractivity contribution is -0.141. The monoisotopic (exact) mass is 266 g/mol. The largest absolute Gasteiger partial charge is 0.341 e. The fourth-order valence-electron chi connectivity index (χ4n) is 3.34. The van der Waals surface area contributed by atoms with E-state index in [1.165, 1.54) is 6.42 Å². The Bertz CT molecular complexity index is 333. The predicted octanol–water partition coefficient (Wildman–Crippen LogP) is 1.89. The van der Waals surface area contributed by atoms with Crippen LogP contribution in [0.5, 0.6) is 0 Å². The van der Waals surface area contributed by atoms with Gasteiger partial charge in [-0.15, -0.1) is 0 Å². The highest BCUT2D eigenvalue weighted by molar-refractivity contribution is 5.85. The summed E-state index contributed by atoms with van der Waals surface area (Å²) in [5.41, 5.74) is 0. The van der Waals surface area contributed by atoms with Crippen molar-refractivity contribution in [2.75, 3.05) is 26.2 Å². The van der Waals surface area contributed by atoms with Gasteiger partial charge in [-0.1, -0.05) is 20.3 Å². The molecule has 0 aromatic heterocycles. The molecule has 2 atom stereocenters. The van der Waals surface area contributed by atoms with Gasteiger partial charge < -0.3 is 9.80 Å². The van der Waals surface area contributed by atoms with Gasteiger partial charge >= 0.3 is 0 Å².